The maximum Gasteiger partial charge on any atom is -0.0160 e. The first-order valence-electron chi connectivity index (χ1n) is 9.56. The number of fused-ring (bicyclic) bond motifs is 5. The van der Waals surface area contributed by atoms with E-state index < -0.39 is 0 Å². The maximum atomic E-state index is 2.42. The van der Waals surface area contributed by atoms with Crippen LogP contribution in [-0.2, 0) is 0 Å². The summed E-state index contributed by atoms with van der Waals surface area (Å²) < 4.78 is 0. The third-order valence-corrected chi connectivity index (χ3v) is 6.99. The number of rotatable bonds is 1. The molecule has 0 spiro atoms. The summed E-state index contributed by atoms with van der Waals surface area (Å²) >= 11 is 0. The Kier molecular flexibility index (Phi) is 3.69. The monoisotopic (exact) mass is 272 g/mol. The van der Waals surface area contributed by atoms with E-state index in [-0.39, 0.29) is 0 Å². The highest BCUT2D eigenvalue weighted by Crippen LogP contribution is 2.59. The Hall–Kier alpha value is -0.260. The first-order chi connectivity index (χ1) is 9.85. The van der Waals surface area contributed by atoms with Crippen molar-refractivity contribution in [3.05, 3.63) is 11.1 Å². The van der Waals surface area contributed by atoms with Gasteiger partial charge in [0.25, 0.3) is 0 Å². The molecule has 20 heavy (non-hydrogen) atoms. The minimum Gasteiger partial charge on any atom is -0.0701 e. The fraction of sp³-hybridized carbons (Fsp3) is 0.900. The molecule has 3 fully saturated rings. The lowest BCUT2D eigenvalue weighted by atomic mass is 9.81. The van der Waals surface area contributed by atoms with E-state index in [9.17, 15) is 0 Å². The van der Waals surface area contributed by atoms with Crippen molar-refractivity contribution in [1.82, 2.24) is 0 Å². The second-order valence-corrected chi connectivity index (χ2v) is 8.36. The van der Waals surface area contributed by atoms with Crippen LogP contribution in [-0.4, -0.2) is 0 Å². The highest BCUT2D eigenvalue weighted by Gasteiger charge is 2.48. The van der Waals surface area contributed by atoms with Gasteiger partial charge in [-0.3, -0.25) is 0 Å². The fourth-order valence-corrected chi connectivity index (χ4v) is 5.48. The molecule has 3 unspecified atom stereocenters. The van der Waals surface area contributed by atoms with E-state index in [0.29, 0.717) is 0 Å². The van der Waals surface area contributed by atoms with Crippen LogP contribution in [0.4, 0.5) is 0 Å². The number of allylic oxidation sites excluding steroid dienone is 2. The lowest BCUT2D eigenvalue weighted by molar-refractivity contribution is 0.349. The van der Waals surface area contributed by atoms with E-state index in [1.807, 2.05) is 11.1 Å². The molecule has 3 saturated carbocycles. The van der Waals surface area contributed by atoms with Crippen LogP contribution in [0.15, 0.2) is 11.1 Å². The van der Waals surface area contributed by atoms with Gasteiger partial charge in [0.05, 0.1) is 0 Å². The predicted octanol–water partition coefficient (Wildman–Crippen LogP) is 6.12. The highest BCUT2D eigenvalue weighted by atomic mass is 14.5. The standard InChI is InChI=1S/C20H32/c1-2-14-7-5-3-4-6-8-15-10-17(11-18-13-19(15)18)20-12-16(20)9-14/h14-16,18-19H,2-13H2,1H3/b20-17+/t14?,15?,16?,18-,19-/m1/s1. The zero-order valence-corrected chi connectivity index (χ0v) is 13.4. The van der Waals surface area contributed by atoms with Gasteiger partial charge in [0, 0.05) is 0 Å². The van der Waals surface area contributed by atoms with Gasteiger partial charge in [-0.05, 0) is 68.1 Å². The lowest BCUT2D eigenvalue weighted by Gasteiger charge is -2.24. The van der Waals surface area contributed by atoms with Crippen molar-refractivity contribution in [2.24, 2.45) is 29.6 Å². The summed E-state index contributed by atoms with van der Waals surface area (Å²) in [5, 5.41) is 0. The molecule has 4 rings (SSSR count). The summed E-state index contributed by atoms with van der Waals surface area (Å²) in [6, 6.07) is 0. The van der Waals surface area contributed by atoms with E-state index in [2.05, 4.69) is 6.92 Å². The van der Waals surface area contributed by atoms with Crippen LogP contribution in [0.5, 0.6) is 0 Å². The zero-order valence-electron chi connectivity index (χ0n) is 13.4. The molecule has 4 aliphatic carbocycles. The summed E-state index contributed by atoms with van der Waals surface area (Å²) in [6.07, 6.45) is 18.2. The molecule has 0 saturated heterocycles. The Balaban J connectivity index is 1.48. The van der Waals surface area contributed by atoms with Crippen LogP contribution in [0.25, 0.3) is 0 Å². The molecule has 0 amide bonds. The van der Waals surface area contributed by atoms with Crippen LogP contribution < -0.4 is 0 Å². The molecule has 0 nitrogen and oxygen atoms in total. The first kappa shape index (κ1) is 13.4. The van der Waals surface area contributed by atoms with Crippen LogP contribution in [0.2, 0.25) is 0 Å². The molecule has 0 N–H and O–H groups in total. The van der Waals surface area contributed by atoms with Gasteiger partial charge in [-0.15, -0.1) is 0 Å². The Morgan fingerprint density at radius 1 is 0.850 bits per heavy atom. The normalized spacial score (nSPS) is 48.1. The topological polar surface area (TPSA) is 0 Å². The van der Waals surface area contributed by atoms with Crippen LogP contribution in [0, 0.1) is 29.6 Å². The summed E-state index contributed by atoms with van der Waals surface area (Å²) in [5.74, 6) is 5.45. The van der Waals surface area contributed by atoms with Crippen LogP contribution in [0.1, 0.15) is 84.0 Å². The highest BCUT2D eigenvalue weighted by molar-refractivity contribution is 5.33. The van der Waals surface area contributed by atoms with Gasteiger partial charge in [0.15, 0.2) is 0 Å². The second-order valence-electron chi connectivity index (χ2n) is 8.36. The van der Waals surface area contributed by atoms with Crippen LogP contribution >= 0.6 is 0 Å². The Bertz CT molecular complexity index is 391. The van der Waals surface area contributed by atoms with E-state index in [4.69, 9.17) is 0 Å². The number of hydrogen-bond donors (Lipinski definition) is 0. The fourth-order valence-electron chi connectivity index (χ4n) is 5.48. The third-order valence-electron chi connectivity index (χ3n) is 6.99. The molecule has 0 heteroatoms. The summed E-state index contributed by atoms with van der Waals surface area (Å²) in [4.78, 5) is 0. The molecule has 5 atom stereocenters. The van der Waals surface area contributed by atoms with Crippen molar-refractivity contribution in [2.45, 2.75) is 84.0 Å². The van der Waals surface area contributed by atoms with Crippen LogP contribution in [0.3, 0.4) is 0 Å². The lowest BCUT2D eigenvalue weighted by Crippen LogP contribution is -2.12. The molecular formula is C20H32. The van der Waals surface area contributed by atoms with Crippen molar-refractivity contribution in [2.75, 3.05) is 0 Å². The molecular weight excluding hydrogens is 240 g/mol. The quantitative estimate of drug-likeness (QED) is 0.504. The SMILES string of the molecule is CCC1CCCCCCC2C/C(=C3/CC3C1)C[C@@H]1C[C@H]21. The van der Waals surface area contributed by atoms with Gasteiger partial charge in [0.1, 0.15) is 0 Å². The van der Waals surface area contributed by atoms with Gasteiger partial charge in [-0.1, -0.05) is 56.6 Å². The molecule has 0 aromatic carbocycles. The molecule has 0 heterocycles. The Labute approximate surface area is 125 Å². The summed E-state index contributed by atoms with van der Waals surface area (Å²) in [6.45, 7) is 2.42. The second kappa shape index (κ2) is 5.50. The first-order valence-corrected chi connectivity index (χ1v) is 9.56. The van der Waals surface area contributed by atoms with E-state index in [0.717, 1.165) is 29.6 Å². The van der Waals surface area contributed by atoms with Gasteiger partial charge >= 0.3 is 0 Å². The third kappa shape index (κ3) is 2.72. The van der Waals surface area contributed by atoms with Crippen molar-refractivity contribution in [1.29, 1.82) is 0 Å². The number of hydrogen-bond acceptors (Lipinski definition) is 0. The van der Waals surface area contributed by atoms with E-state index in [1.165, 1.54) is 64.2 Å². The van der Waals surface area contributed by atoms with Gasteiger partial charge < -0.3 is 0 Å². The molecule has 0 radical (unpaired) electrons. The van der Waals surface area contributed by atoms with Gasteiger partial charge in [0.2, 0.25) is 0 Å². The average molecular weight is 272 g/mol. The molecule has 112 valence electrons. The average Bonchev–Trinajstić information content (AvgIpc) is 3.33. The summed E-state index contributed by atoms with van der Waals surface area (Å²) in [5.41, 5.74) is 3.92. The van der Waals surface area contributed by atoms with Crippen molar-refractivity contribution in [3.63, 3.8) is 0 Å². The van der Waals surface area contributed by atoms with Gasteiger partial charge in [-0.2, -0.15) is 0 Å². The molecule has 2 bridgehead atoms. The smallest absolute Gasteiger partial charge is 0.0160 e. The summed E-state index contributed by atoms with van der Waals surface area (Å²) in [7, 11) is 0. The Morgan fingerprint density at radius 2 is 1.65 bits per heavy atom. The maximum absolute atomic E-state index is 2.42. The van der Waals surface area contributed by atoms with Crippen molar-refractivity contribution in [3.8, 4) is 0 Å². The van der Waals surface area contributed by atoms with Crippen molar-refractivity contribution < 1.29 is 0 Å². The molecule has 4 aliphatic rings. The molecule has 0 aromatic rings. The van der Waals surface area contributed by atoms with E-state index in [1.54, 1.807) is 12.8 Å². The minimum atomic E-state index is 1.03. The van der Waals surface area contributed by atoms with Crippen molar-refractivity contribution >= 4 is 0 Å². The zero-order chi connectivity index (χ0) is 13.5. The predicted molar refractivity (Wildman–Crippen MR) is 85.6 cm³/mol. The molecule has 0 aliphatic heterocycles. The largest absolute Gasteiger partial charge is 0.0701 e. The van der Waals surface area contributed by atoms with E-state index >= 15 is 0 Å². The van der Waals surface area contributed by atoms with Gasteiger partial charge in [-0.25, -0.2) is 0 Å². The Morgan fingerprint density at radius 3 is 2.50 bits per heavy atom. The molecule has 0 aromatic heterocycles. The minimum absolute atomic E-state index is 1.03.